The Balaban J connectivity index is 2.30. The summed E-state index contributed by atoms with van der Waals surface area (Å²) in [5.41, 5.74) is 0.925. The Hall–Kier alpha value is -2.49. The molecule has 1 aliphatic rings. The standard InChI is InChI=1S/C14H13N2O2/c17-16-10-4-9-15-8-3-6-13-5-1-2-7-14(13)18-12-11-16/h1-9,11-12H,10H2/q+1/b6-3+,9-4-,12-11-,15-8-. The number of hydrogen-bond acceptors (Lipinski definition) is 3. The number of hydrogen-bond donors (Lipinski definition) is 0. The van der Waals surface area contributed by atoms with Gasteiger partial charge in [0.05, 0.1) is 0 Å². The molecule has 1 aliphatic heterocycles. The number of fused-ring (bicyclic) bond motifs is 1. The van der Waals surface area contributed by atoms with E-state index >= 15 is 0 Å². The number of allylic oxidation sites excluding steroid dienone is 1. The van der Waals surface area contributed by atoms with Crippen molar-refractivity contribution in [1.29, 1.82) is 0 Å². The summed E-state index contributed by atoms with van der Waals surface area (Å²) in [6.07, 6.45) is 11.4. The topological polar surface area (TPSA) is 41.7 Å². The molecule has 90 valence electrons. The first-order valence-corrected chi connectivity index (χ1v) is 5.57. The maximum atomic E-state index is 11.3. The minimum Gasteiger partial charge on any atom is -0.458 e. The molecule has 0 spiro atoms. The lowest BCUT2D eigenvalue weighted by atomic mass is 10.2. The highest BCUT2D eigenvalue weighted by atomic mass is 16.5. The van der Waals surface area contributed by atoms with Crippen LogP contribution in [0, 0.1) is 4.91 Å². The summed E-state index contributed by atoms with van der Waals surface area (Å²) < 4.78 is 6.19. The first-order valence-electron chi connectivity index (χ1n) is 5.57. The van der Waals surface area contributed by atoms with Gasteiger partial charge in [0, 0.05) is 33.7 Å². The SMILES string of the molecule is O=[N+]1/C=C\Oc2ccccc2/C=C/C=N\C=C/C1. The number of aliphatic imine (C=N–C) groups is 1. The van der Waals surface area contributed by atoms with Crippen LogP contribution in [0.2, 0.25) is 0 Å². The fourth-order valence-electron chi connectivity index (χ4n) is 1.42. The molecule has 0 radical (unpaired) electrons. The largest absolute Gasteiger partial charge is 0.458 e. The average Bonchev–Trinajstić information content (AvgIpc) is 2.40. The molecule has 0 aromatic heterocycles. The molecule has 2 rings (SSSR count). The normalized spacial score (nSPS) is 22.3. The van der Waals surface area contributed by atoms with Gasteiger partial charge >= 0.3 is 0 Å². The summed E-state index contributed by atoms with van der Waals surface area (Å²) in [5.74, 6) is 0.694. The third kappa shape index (κ3) is 3.52. The smallest absolute Gasteiger partial charge is 0.256 e. The van der Waals surface area contributed by atoms with Crippen molar-refractivity contribution >= 4 is 12.3 Å². The molecule has 0 fully saturated rings. The molecule has 0 bridgehead atoms. The van der Waals surface area contributed by atoms with E-state index < -0.39 is 0 Å². The summed E-state index contributed by atoms with van der Waals surface area (Å²) in [6.45, 7) is 0.239. The summed E-state index contributed by atoms with van der Waals surface area (Å²) in [4.78, 5) is 15.3. The fraction of sp³-hybridized carbons (Fsp3) is 0.0714. The molecule has 1 aromatic carbocycles. The van der Waals surface area contributed by atoms with Crippen LogP contribution in [0.25, 0.3) is 6.08 Å². The van der Waals surface area contributed by atoms with E-state index in [0.717, 1.165) is 10.3 Å². The van der Waals surface area contributed by atoms with Gasteiger partial charge in [0.1, 0.15) is 5.75 Å². The first-order chi connectivity index (χ1) is 8.86. The molecule has 4 heteroatoms. The number of rotatable bonds is 0. The van der Waals surface area contributed by atoms with Crippen molar-refractivity contribution in [2.24, 2.45) is 4.99 Å². The quantitative estimate of drug-likeness (QED) is 0.655. The van der Waals surface area contributed by atoms with Crippen molar-refractivity contribution in [3.05, 3.63) is 65.6 Å². The average molecular weight is 241 g/mol. The lowest BCUT2D eigenvalue weighted by Crippen LogP contribution is -1.99. The van der Waals surface area contributed by atoms with E-state index in [1.807, 2.05) is 36.4 Å². The lowest BCUT2D eigenvalue weighted by Gasteiger charge is -2.02. The van der Waals surface area contributed by atoms with Crippen molar-refractivity contribution in [1.82, 2.24) is 0 Å². The number of nitroso groups, excluding NO2 is 1. The van der Waals surface area contributed by atoms with E-state index in [0.29, 0.717) is 5.75 Å². The van der Waals surface area contributed by atoms with Crippen LogP contribution in [0.4, 0.5) is 0 Å². The highest BCUT2D eigenvalue weighted by Crippen LogP contribution is 2.19. The second-order valence-electron chi connectivity index (χ2n) is 3.58. The zero-order chi connectivity index (χ0) is 12.6. The molecule has 0 saturated heterocycles. The van der Waals surface area contributed by atoms with Crippen molar-refractivity contribution in [2.45, 2.75) is 0 Å². The highest BCUT2D eigenvalue weighted by molar-refractivity contribution is 5.79. The Labute approximate surface area is 105 Å². The van der Waals surface area contributed by atoms with Crippen molar-refractivity contribution < 1.29 is 9.50 Å². The predicted molar refractivity (Wildman–Crippen MR) is 71.4 cm³/mol. The molecule has 4 nitrogen and oxygen atoms in total. The Bertz CT molecular complexity index is 542. The van der Waals surface area contributed by atoms with Crippen LogP contribution >= 0.6 is 0 Å². The summed E-state index contributed by atoms with van der Waals surface area (Å²) >= 11 is 0. The van der Waals surface area contributed by atoms with Gasteiger partial charge in [0.15, 0.2) is 6.26 Å². The van der Waals surface area contributed by atoms with Crippen LogP contribution in [-0.2, 0) is 0 Å². The van der Waals surface area contributed by atoms with Crippen LogP contribution in [0.15, 0.2) is 60.1 Å². The summed E-state index contributed by atoms with van der Waals surface area (Å²) in [7, 11) is 0. The molecule has 0 unspecified atom stereocenters. The number of benzene rings is 1. The maximum Gasteiger partial charge on any atom is 0.256 e. The molecule has 0 aliphatic carbocycles. The van der Waals surface area contributed by atoms with E-state index in [1.54, 1.807) is 18.5 Å². The van der Waals surface area contributed by atoms with E-state index in [2.05, 4.69) is 4.99 Å². The maximum absolute atomic E-state index is 11.3. The molecule has 1 aromatic rings. The van der Waals surface area contributed by atoms with Gasteiger partial charge in [0.2, 0.25) is 6.54 Å². The summed E-state index contributed by atoms with van der Waals surface area (Å²) in [5, 5.41) is 0. The Kier molecular flexibility index (Phi) is 4.19. The van der Waals surface area contributed by atoms with Crippen LogP contribution in [0.1, 0.15) is 5.56 Å². The number of nitrogens with zero attached hydrogens (tertiary/aromatic N) is 2. The van der Waals surface area contributed by atoms with Gasteiger partial charge < -0.3 is 4.74 Å². The van der Waals surface area contributed by atoms with Gasteiger partial charge in [-0.25, -0.2) is 0 Å². The van der Waals surface area contributed by atoms with E-state index in [9.17, 15) is 4.91 Å². The minimum atomic E-state index is 0.239. The van der Waals surface area contributed by atoms with Gasteiger partial charge in [-0.2, -0.15) is 0 Å². The minimum absolute atomic E-state index is 0.239. The van der Waals surface area contributed by atoms with E-state index in [1.165, 1.54) is 12.5 Å². The molecular weight excluding hydrogens is 228 g/mol. The molecule has 0 N–H and O–H groups in total. The molecule has 0 saturated carbocycles. The number of ether oxygens (including phenoxy) is 1. The Morgan fingerprint density at radius 2 is 2.17 bits per heavy atom. The molecule has 0 amide bonds. The third-order valence-electron chi connectivity index (χ3n) is 2.27. The second kappa shape index (κ2) is 6.30. The van der Waals surface area contributed by atoms with Crippen LogP contribution in [-0.4, -0.2) is 17.5 Å². The van der Waals surface area contributed by atoms with E-state index in [4.69, 9.17) is 4.74 Å². The molecular formula is C14H13N2O2+. The van der Waals surface area contributed by atoms with Gasteiger partial charge in [-0.1, -0.05) is 18.2 Å². The monoisotopic (exact) mass is 241 g/mol. The van der Waals surface area contributed by atoms with E-state index in [-0.39, 0.29) is 6.54 Å². The van der Waals surface area contributed by atoms with Gasteiger partial charge in [0.25, 0.3) is 6.20 Å². The number of para-hydroxylation sites is 1. The van der Waals surface area contributed by atoms with Gasteiger partial charge in [-0.3, -0.25) is 4.99 Å². The molecule has 0 atom stereocenters. The molecule has 18 heavy (non-hydrogen) atoms. The molecule has 1 heterocycles. The zero-order valence-corrected chi connectivity index (χ0v) is 9.77. The Morgan fingerprint density at radius 3 is 3.11 bits per heavy atom. The predicted octanol–water partition coefficient (Wildman–Crippen LogP) is 2.93. The second-order valence-corrected chi connectivity index (χ2v) is 3.58. The first kappa shape index (κ1) is 12.0. The van der Waals surface area contributed by atoms with Crippen LogP contribution in [0.3, 0.4) is 0 Å². The van der Waals surface area contributed by atoms with Gasteiger partial charge in [-0.15, -0.1) is 0 Å². The van der Waals surface area contributed by atoms with Crippen molar-refractivity contribution in [3.63, 3.8) is 0 Å². The fourth-order valence-corrected chi connectivity index (χ4v) is 1.42. The third-order valence-corrected chi connectivity index (χ3v) is 2.27. The summed E-state index contributed by atoms with van der Waals surface area (Å²) in [6, 6.07) is 7.57. The Morgan fingerprint density at radius 1 is 1.28 bits per heavy atom. The lowest BCUT2D eigenvalue weighted by molar-refractivity contribution is -0.468. The van der Waals surface area contributed by atoms with Gasteiger partial charge in [-0.05, 0) is 18.2 Å². The van der Waals surface area contributed by atoms with Crippen molar-refractivity contribution in [3.8, 4) is 5.75 Å². The highest BCUT2D eigenvalue weighted by Gasteiger charge is 2.01. The van der Waals surface area contributed by atoms with Crippen LogP contribution in [0.5, 0.6) is 5.75 Å². The zero-order valence-electron chi connectivity index (χ0n) is 9.77. The van der Waals surface area contributed by atoms with Crippen molar-refractivity contribution in [2.75, 3.05) is 6.54 Å². The van der Waals surface area contributed by atoms with Crippen LogP contribution < -0.4 is 4.74 Å².